The van der Waals surface area contributed by atoms with Gasteiger partial charge in [0.15, 0.2) is 0 Å². The number of aliphatic hydroxyl groups excluding tert-OH is 1. The van der Waals surface area contributed by atoms with E-state index in [0.29, 0.717) is 6.04 Å². The fraction of sp³-hybridized carbons (Fsp3) is 0.524. The molecule has 3 nitrogen and oxygen atoms in total. The minimum Gasteiger partial charge on any atom is -0.394 e. The Labute approximate surface area is 145 Å². The molecule has 24 heavy (non-hydrogen) atoms. The van der Waals surface area contributed by atoms with Crippen molar-refractivity contribution in [1.82, 2.24) is 9.47 Å². The molecule has 0 aliphatic carbocycles. The Bertz CT molecular complexity index is 607. The smallest absolute Gasteiger partial charge is 0.0628 e. The Morgan fingerprint density at radius 3 is 2.62 bits per heavy atom. The molecule has 130 valence electrons. The van der Waals surface area contributed by atoms with Crippen LogP contribution in [0.15, 0.2) is 48.7 Å². The molecule has 0 radical (unpaired) electrons. The molecule has 1 aliphatic rings. The van der Waals surface area contributed by atoms with Gasteiger partial charge in [0.25, 0.3) is 0 Å². The molecule has 0 saturated heterocycles. The van der Waals surface area contributed by atoms with Crippen LogP contribution in [-0.4, -0.2) is 27.7 Å². The van der Waals surface area contributed by atoms with Crippen LogP contribution < -0.4 is 0 Å². The average molecular weight is 326 g/mol. The van der Waals surface area contributed by atoms with Gasteiger partial charge in [-0.2, -0.15) is 0 Å². The third-order valence-electron chi connectivity index (χ3n) is 5.29. The highest BCUT2D eigenvalue weighted by Gasteiger charge is 2.32. The molecule has 1 aromatic heterocycles. The van der Waals surface area contributed by atoms with Crippen LogP contribution in [0.2, 0.25) is 0 Å². The first-order valence-electron chi connectivity index (χ1n) is 9.41. The normalized spacial score (nSPS) is 19.2. The first kappa shape index (κ1) is 17.2. The van der Waals surface area contributed by atoms with Gasteiger partial charge in [0.1, 0.15) is 0 Å². The molecule has 2 aromatic rings. The van der Waals surface area contributed by atoms with Crippen molar-refractivity contribution in [2.75, 3.05) is 13.2 Å². The Morgan fingerprint density at radius 2 is 1.88 bits per heavy atom. The lowest BCUT2D eigenvalue weighted by Crippen LogP contribution is -2.41. The molecule has 3 rings (SSSR count). The molecule has 1 aliphatic heterocycles. The maximum atomic E-state index is 10.1. The maximum Gasteiger partial charge on any atom is 0.0628 e. The largest absolute Gasteiger partial charge is 0.394 e. The highest BCUT2D eigenvalue weighted by atomic mass is 16.3. The van der Waals surface area contributed by atoms with Crippen molar-refractivity contribution in [3.63, 3.8) is 0 Å². The number of rotatable bonds is 8. The maximum absolute atomic E-state index is 10.1. The van der Waals surface area contributed by atoms with E-state index >= 15 is 0 Å². The standard InChI is InChI=1S/C21H30N2O/c1-2-3-4-8-12-20-19-13-9-14-22(19)15-16-23(20)21(17-24)18-10-6-5-7-11-18/h5-7,9-11,13-14,20-21,24H,2-4,8,12,15-17H2,1H3/t20-,21-/m1/s1. The number of hydrogen-bond donors (Lipinski definition) is 1. The zero-order chi connectivity index (χ0) is 16.8. The molecule has 0 bridgehead atoms. The van der Waals surface area contributed by atoms with Gasteiger partial charge in [-0.15, -0.1) is 0 Å². The lowest BCUT2D eigenvalue weighted by molar-refractivity contribution is 0.0547. The molecule has 2 heterocycles. The average Bonchev–Trinajstić information content (AvgIpc) is 3.10. The van der Waals surface area contributed by atoms with Crippen LogP contribution >= 0.6 is 0 Å². The summed E-state index contributed by atoms with van der Waals surface area (Å²) >= 11 is 0. The van der Waals surface area contributed by atoms with Gasteiger partial charge in [-0.25, -0.2) is 0 Å². The van der Waals surface area contributed by atoms with Crippen LogP contribution in [0.4, 0.5) is 0 Å². The number of benzene rings is 1. The SMILES string of the molecule is CCCCCC[C@@H]1c2cccn2CCN1[C@H](CO)c1ccccc1. The molecule has 0 amide bonds. The molecule has 0 spiro atoms. The second-order valence-corrected chi connectivity index (χ2v) is 6.84. The molecular weight excluding hydrogens is 296 g/mol. The third-order valence-corrected chi connectivity index (χ3v) is 5.29. The van der Waals surface area contributed by atoms with Crippen molar-refractivity contribution in [3.8, 4) is 0 Å². The van der Waals surface area contributed by atoms with E-state index in [4.69, 9.17) is 0 Å². The number of aromatic nitrogens is 1. The monoisotopic (exact) mass is 326 g/mol. The summed E-state index contributed by atoms with van der Waals surface area (Å²) < 4.78 is 2.39. The Kier molecular flexibility index (Phi) is 6.11. The third kappa shape index (κ3) is 3.73. The van der Waals surface area contributed by atoms with Gasteiger partial charge in [0, 0.05) is 25.0 Å². The Hall–Kier alpha value is -1.58. The van der Waals surface area contributed by atoms with E-state index in [1.54, 1.807) is 0 Å². The van der Waals surface area contributed by atoms with Gasteiger partial charge >= 0.3 is 0 Å². The minimum absolute atomic E-state index is 0.0889. The van der Waals surface area contributed by atoms with Gasteiger partial charge in [-0.05, 0) is 24.1 Å². The van der Waals surface area contributed by atoms with E-state index in [0.717, 1.165) is 13.1 Å². The highest BCUT2D eigenvalue weighted by molar-refractivity contribution is 5.22. The van der Waals surface area contributed by atoms with Crippen molar-refractivity contribution in [2.45, 2.75) is 57.7 Å². The van der Waals surface area contributed by atoms with Crippen molar-refractivity contribution >= 4 is 0 Å². The van der Waals surface area contributed by atoms with Crippen molar-refractivity contribution in [3.05, 3.63) is 59.9 Å². The van der Waals surface area contributed by atoms with Gasteiger partial charge in [0.2, 0.25) is 0 Å². The second-order valence-electron chi connectivity index (χ2n) is 6.84. The topological polar surface area (TPSA) is 28.4 Å². The summed E-state index contributed by atoms with van der Waals surface area (Å²) in [7, 11) is 0. The molecule has 0 saturated carbocycles. The second kappa shape index (κ2) is 8.50. The van der Waals surface area contributed by atoms with E-state index in [1.807, 2.05) is 6.07 Å². The van der Waals surface area contributed by atoms with Crippen molar-refractivity contribution in [2.24, 2.45) is 0 Å². The van der Waals surface area contributed by atoms with Crippen LogP contribution in [0, 0.1) is 0 Å². The fourth-order valence-electron chi connectivity index (χ4n) is 4.01. The van der Waals surface area contributed by atoms with E-state index in [2.05, 4.69) is 59.0 Å². The summed E-state index contributed by atoms with van der Waals surface area (Å²) in [5, 5.41) is 10.1. The number of aliphatic hydroxyl groups is 1. The van der Waals surface area contributed by atoms with Crippen molar-refractivity contribution in [1.29, 1.82) is 0 Å². The summed E-state index contributed by atoms with van der Waals surface area (Å²) in [5.74, 6) is 0. The molecule has 2 atom stereocenters. The van der Waals surface area contributed by atoms with E-state index < -0.39 is 0 Å². The summed E-state index contributed by atoms with van der Waals surface area (Å²) in [4.78, 5) is 2.52. The molecule has 1 N–H and O–H groups in total. The van der Waals surface area contributed by atoms with Crippen molar-refractivity contribution < 1.29 is 5.11 Å². The van der Waals surface area contributed by atoms with E-state index in [1.165, 1.54) is 43.4 Å². The summed E-state index contributed by atoms with van der Waals surface area (Å²) in [6, 6.07) is 15.4. The van der Waals surface area contributed by atoms with Gasteiger partial charge in [-0.3, -0.25) is 4.90 Å². The zero-order valence-electron chi connectivity index (χ0n) is 14.8. The lowest BCUT2D eigenvalue weighted by Gasteiger charge is -2.41. The van der Waals surface area contributed by atoms with Crippen LogP contribution in [0.3, 0.4) is 0 Å². The summed E-state index contributed by atoms with van der Waals surface area (Å²) in [6.45, 7) is 4.45. The molecule has 0 fully saturated rings. The van der Waals surface area contributed by atoms with Crippen LogP contribution in [0.1, 0.15) is 62.4 Å². The number of fused-ring (bicyclic) bond motifs is 1. The van der Waals surface area contributed by atoms with Gasteiger partial charge in [0.05, 0.1) is 18.7 Å². The Balaban J connectivity index is 1.81. The molecule has 0 unspecified atom stereocenters. The number of hydrogen-bond acceptors (Lipinski definition) is 2. The van der Waals surface area contributed by atoms with E-state index in [9.17, 15) is 5.11 Å². The number of nitrogens with zero attached hydrogens (tertiary/aromatic N) is 2. The molecule has 3 heteroatoms. The molecular formula is C21H30N2O. The van der Waals surface area contributed by atoms with Crippen LogP contribution in [0.5, 0.6) is 0 Å². The first-order chi connectivity index (χ1) is 11.8. The predicted octanol–water partition coefficient (Wildman–Crippen LogP) is 4.55. The number of unbranched alkanes of at least 4 members (excludes halogenated alkanes) is 3. The predicted molar refractivity (Wildman–Crippen MR) is 98.9 cm³/mol. The zero-order valence-corrected chi connectivity index (χ0v) is 14.8. The lowest BCUT2D eigenvalue weighted by atomic mass is 9.96. The van der Waals surface area contributed by atoms with Gasteiger partial charge in [-0.1, -0.05) is 62.9 Å². The van der Waals surface area contributed by atoms with Crippen LogP contribution in [-0.2, 0) is 6.54 Å². The first-order valence-corrected chi connectivity index (χ1v) is 9.41. The minimum atomic E-state index is 0.0889. The molecule has 1 aromatic carbocycles. The summed E-state index contributed by atoms with van der Waals surface area (Å²) in [6.07, 6.45) is 8.52. The van der Waals surface area contributed by atoms with Crippen LogP contribution in [0.25, 0.3) is 0 Å². The van der Waals surface area contributed by atoms with Gasteiger partial charge < -0.3 is 9.67 Å². The summed E-state index contributed by atoms with van der Waals surface area (Å²) in [5.41, 5.74) is 2.63. The Morgan fingerprint density at radius 1 is 1.04 bits per heavy atom. The van der Waals surface area contributed by atoms with E-state index in [-0.39, 0.29) is 12.6 Å². The fourth-order valence-corrected chi connectivity index (χ4v) is 4.01. The highest BCUT2D eigenvalue weighted by Crippen LogP contribution is 2.37. The quantitative estimate of drug-likeness (QED) is 0.721.